The van der Waals surface area contributed by atoms with Crippen molar-refractivity contribution in [2.75, 3.05) is 13.2 Å². The number of esters is 1. The molecule has 7 nitrogen and oxygen atoms in total. The van der Waals surface area contributed by atoms with Crippen LogP contribution in [0.25, 0.3) is 5.69 Å². The van der Waals surface area contributed by atoms with Crippen molar-refractivity contribution in [3.8, 4) is 5.69 Å². The highest BCUT2D eigenvalue weighted by atomic mass is 16.5. The van der Waals surface area contributed by atoms with Crippen LogP contribution in [0.4, 0.5) is 0 Å². The molecule has 0 radical (unpaired) electrons. The second-order valence-electron chi connectivity index (χ2n) is 5.86. The highest BCUT2D eigenvalue weighted by molar-refractivity contribution is 5.91. The average molecular weight is 364 g/mol. The van der Waals surface area contributed by atoms with Crippen molar-refractivity contribution in [2.45, 2.75) is 13.5 Å². The molecule has 2 aromatic carbocycles. The molecule has 0 aliphatic heterocycles. The zero-order valence-corrected chi connectivity index (χ0v) is 15.0. The van der Waals surface area contributed by atoms with Crippen molar-refractivity contribution in [2.24, 2.45) is 0 Å². The molecule has 1 heterocycles. The summed E-state index contributed by atoms with van der Waals surface area (Å²) in [4.78, 5) is 30.1. The van der Waals surface area contributed by atoms with Crippen molar-refractivity contribution in [1.29, 1.82) is 0 Å². The van der Waals surface area contributed by atoms with E-state index in [1.165, 1.54) is 6.33 Å². The maximum Gasteiger partial charge on any atom is 0.338 e. The van der Waals surface area contributed by atoms with Gasteiger partial charge in [-0.15, -0.1) is 0 Å². The zero-order chi connectivity index (χ0) is 19.1. The van der Waals surface area contributed by atoms with Crippen LogP contribution in [0.5, 0.6) is 0 Å². The lowest BCUT2D eigenvalue weighted by atomic mass is 10.2. The van der Waals surface area contributed by atoms with Crippen LogP contribution < -0.4 is 0 Å². The van der Waals surface area contributed by atoms with E-state index in [0.29, 0.717) is 18.7 Å². The summed E-state index contributed by atoms with van der Waals surface area (Å²) in [6.07, 6.45) is 3.00. The number of carbonyl (C=O) groups is 2. The van der Waals surface area contributed by atoms with Gasteiger partial charge in [0.25, 0.3) is 5.91 Å². The summed E-state index contributed by atoms with van der Waals surface area (Å²) < 4.78 is 6.76. The minimum absolute atomic E-state index is 0.228. The molecule has 0 N–H and O–H groups in total. The number of aromatic nitrogens is 3. The molecule has 0 bridgehead atoms. The molecule has 1 aromatic heterocycles. The van der Waals surface area contributed by atoms with Gasteiger partial charge in [-0.1, -0.05) is 30.3 Å². The average Bonchev–Trinajstić information content (AvgIpc) is 3.25. The monoisotopic (exact) mass is 364 g/mol. The van der Waals surface area contributed by atoms with Crippen LogP contribution in [0.3, 0.4) is 0 Å². The summed E-state index contributed by atoms with van der Waals surface area (Å²) in [5, 5.41) is 4.02. The highest BCUT2D eigenvalue weighted by Crippen LogP contribution is 2.10. The quantitative estimate of drug-likeness (QED) is 0.602. The molecular weight excluding hydrogens is 344 g/mol. The van der Waals surface area contributed by atoms with Gasteiger partial charge in [-0.3, -0.25) is 4.79 Å². The van der Waals surface area contributed by atoms with Crippen LogP contribution in [-0.2, 0) is 16.1 Å². The Morgan fingerprint density at radius 1 is 1.07 bits per heavy atom. The number of carbonyl (C=O) groups excluding carboxylic acids is 2. The molecule has 0 fully saturated rings. The van der Waals surface area contributed by atoms with Gasteiger partial charge in [-0.2, -0.15) is 5.10 Å². The SMILES string of the molecule is CCN(Cc1ccccc1)C(=O)COC(=O)c1ccc(-n2cncn2)cc1. The lowest BCUT2D eigenvalue weighted by molar-refractivity contribution is -0.134. The Kier molecular flexibility index (Phi) is 5.94. The van der Waals surface area contributed by atoms with E-state index in [9.17, 15) is 9.59 Å². The Balaban J connectivity index is 1.55. The summed E-state index contributed by atoms with van der Waals surface area (Å²) in [6.45, 7) is 2.63. The van der Waals surface area contributed by atoms with Gasteiger partial charge >= 0.3 is 5.97 Å². The summed E-state index contributed by atoms with van der Waals surface area (Å²) in [5.74, 6) is -0.766. The van der Waals surface area contributed by atoms with Crippen molar-refractivity contribution >= 4 is 11.9 Å². The van der Waals surface area contributed by atoms with Crippen LogP contribution in [0, 0.1) is 0 Å². The Bertz CT molecular complexity index is 877. The van der Waals surface area contributed by atoms with E-state index in [-0.39, 0.29) is 12.5 Å². The molecule has 0 aliphatic carbocycles. The number of ether oxygens (including phenoxy) is 1. The molecule has 3 aromatic rings. The molecule has 0 atom stereocenters. The molecule has 7 heteroatoms. The molecule has 1 amide bonds. The van der Waals surface area contributed by atoms with E-state index in [1.54, 1.807) is 40.2 Å². The topological polar surface area (TPSA) is 77.3 Å². The first-order valence-electron chi connectivity index (χ1n) is 8.61. The molecule has 0 unspecified atom stereocenters. The predicted molar refractivity (Wildman–Crippen MR) is 99.2 cm³/mol. The van der Waals surface area contributed by atoms with Gasteiger partial charge in [0.15, 0.2) is 6.61 Å². The van der Waals surface area contributed by atoms with Gasteiger partial charge in [0, 0.05) is 13.1 Å². The first-order chi connectivity index (χ1) is 13.2. The van der Waals surface area contributed by atoms with Crippen molar-refractivity contribution < 1.29 is 14.3 Å². The third-order valence-electron chi connectivity index (χ3n) is 4.06. The van der Waals surface area contributed by atoms with E-state index in [4.69, 9.17) is 4.74 Å². The van der Waals surface area contributed by atoms with Gasteiger partial charge in [-0.05, 0) is 36.8 Å². The van der Waals surface area contributed by atoms with E-state index >= 15 is 0 Å². The maximum atomic E-state index is 12.4. The Labute approximate surface area is 157 Å². The van der Waals surface area contributed by atoms with Gasteiger partial charge < -0.3 is 9.64 Å². The van der Waals surface area contributed by atoms with Crippen LogP contribution in [0.15, 0.2) is 67.3 Å². The van der Waals surface area contributed by atoms with Gasteiger partial charge in [0.2, 0.25) is 0 Å². The zero-order valence-electron chi connectivity index (χ0n) is 15.0. The van der Waals surface area contributed by atoms with Crippen molar-refractivity contribution in [1.82, 2.24) is 19.7 Å². The number of nitrogens with zero attached hydrogens (tertiary/aromatic N) is 4. The largest absolute Gasteiger partial charge is 0.452 e. The molecular formula is C20H20N4O3. The minimum atomic E-state index is -0.538. The fraction of sp³-hybridized carbons (Fsp3) is 0.200. The van der Waals surface area contributed by atoms with Gasteiger partial charge in [0.05, 0.1) is 11.3 Å². The minimum Gasteiger partial charge on any atom is -0.452 e. The second kappa shape index (κ2) is 8.75. The first kappa shape index (κ1) is 18.3. The third kappa shape index (κ3) is 4.78. The molecule has 0 saturated carbocycles. The molecule has 138 valence electrons. The predicted octanol–water partition coefficient (Wildman–Crippen LogP) is 2.47. The number of likely N-dealkylation sites (N-methyl/N-ethyl adjacent to an activating group) is 1. The van der Waals surface area contributed by atoms with Gasteiger partial charge in [-0.25, -0.2) is 14.5 Å². The summed E-state index contributed by atoms with van der Waals surface area (Å²) in [6, 6.07) is 16.4. The summed E-state index contributed by atoms with van der Waals surface area (Å²) in [5.41, 5.74) is 2.18. The Morgan fingerprint density at radius 2 is 1.81 bits per heavy atom. The Hall–Kier alpha value is -3.48. The fourth-order valence-corrected chi connectivity index (χ4v) is 2.57. The lowest BCUT2D eigenvalue weighted by Crippen LogP contribution is -2.34. The van der Waals surface area contributed by atoms with E-state index < -0.39 is 5.97 Å². The Morgan fingerprint density at radius 3 is 2.44 bits per heavy atom. The number of hydrogen-bond acceptors (Lipinski definition) is 5. The molecule has 0 saturated heterocycles. The third-order valence-corrected chi connectivity index (χ3v) is 4.06. The molecule has 0 spiro atoms. The van der Waals surface area contributed by atoms with Crippen molar-refractivity contribution in [3.63, 3.8) is 0 Å². The van der Waals surface area contributed by atoms with Gasteiger partial charge in [0.1, 0.15) is 12.7 Å². The molecule has 27 heavy (non-hydrogen) atoms. The summed E-state index contributed by atoms with van der Waals surface area (Å²) >= 11 is 0. The number of hydrogen-bond donors (Lipinski definition) is 0. The van der Waals surface area contributed by atoms with Crippen LogP contribution in [-0.4, -0.2) is 44.7 Å². The molecule has 0 aliphatic rings. The van der Waals surface area contributed by atoms with E-state index in [2.05, 4.69) is 10.1 Å². The van der Waals surface area contributed by atoms with Crippen LogP contribution in [0.2, 0.25) is 0 Å². The highest BCUT2D eigenvalue weighted by Gasteiger charge is 2.15. The van der Waals surface area contributed by atoms with Crippen LogP contribution >= 0.6 is 0 Å². The van der Waals surface area contributed by atoms with Crippen LogP contribution in [0.1, 0.15) is 22.8 Å². The second-order valence-corrected chi connectivity index (χ2v) is 5.86. The number of benzene rings is 2. The summed E-state index contributed by atoms with van der Waals surface area (Å²) in [7, 11) is 0. The number of rotatable bonds is 7. The first-order valence-corrected chi connectivity index (χ1v) is 8.61. The number of amides is 1. The smallest absolute Gasteiger partial charge is 0.338 e. The maximum absolute atomic E-state index is 12.4. The fourth-order valence-electron chi connectivity index (χ4n) is 2.57. The van der Waals surface area contributed by atoms with Crippen molar-refractivity contribution in [3.05, 3.63) is 78.4 Å². The van der Waals surface area contributed by atoms with E-state index in [1.807, 2.05) is 37.3 Å². The lowest BCUT2D eigenvalue weighted by Gasteiger charge is -2.20. The standard InChI is InChI=1S/C20H20N4O3/c1-2-23(12-16-6-4-3-5-7-16)19(25)13-27-20(26)17-8-10-18(11-9-17)24-15-21-14-22-24/h3-11,14-15H,2,12-13H2,1H3. The molecule has 3 rings (SSSR count). The van der Waals surface area contributed by atoms with E-state index in [0.717, 1.165) is 11.3 Å². The normalized spacial score (nSPS) is 10.4.